The van der Waals surface area contributed by atoms with Crippen LogP contribution < -0.4 is 0 Å². The van der Waals surface area contributed by atoms with Crippen molar-refractivity contribution in [2.24, 2.45) is 0 Å². The van der Waals surface area contributed by atoms with E-state index in [1.807, 2.05) is 18.2 Å². The third-order valence-electron chi connectivity index (χ3n) is 6.11. The van der Waals surface area contributed by atoms with Crippen molar-refractivity contribution >= 4 is 21.2 Å². The highest BCUT2D eigenvalue weighted by atomic mass is 32.2. The summed E-state index contributed by atoms with van der Waals surface area (Å²) >= 11 is 0. The van der Waals surface area contributed by atoms with Crippen LogP contribution in [0.25, 0.3) is 5.57 Å². The average molecular weight is 424 g/mol. The number of hydrogen-bond acceptors (Lipinski definition) is 5. The molecule has 6 nitrogen and oxygen atoms in total. The molecular weight excluding hydrogens is 398 g/mol. The summed E-state index contributed by atoms with van der Waals surface area (Å²) in [4.78, 5) is 19.5. The number of sulfone groups is 1. The number of benzene rings is 1. The van der Waals surface area contributed by atoms with Crippen LogP contribution in [0.4, 0.5) is 0 Å². The van der Waals surface area contributed by atoms with Crippen molar-refractivity contribution in [2.75, 3.05) is 11.5 Å². The first kappa shape index (κ1) is 20.5. The Bertz CT molecular complexity index is 1120. The molecule has 4 rings (SSSR count). The molecule has 0 unspecified atom stereocenters. The minimum absolute atomic E-state index is 0.148. The van der Waals surface area contributed by atoms with Gasteiger partial charge in [0.25, 0.3) is 0 Å². The van der Waals surface area contributed by atoms with Gasteiger partial charge < -0.3 is 4.98 Å². The van der Waals surface area contributed by atoms with E-state index in [1.165, 1.54) is 18.2 Å². The van der Waals surface area contributed by atoms with Crippen LogP contribution in [0.3, 0.4) is 0 Å². The Morgan fingerprint density at radius 2 is 2.03 bits per heavy atom. The van der Waals surface area contributed by atoms with Gasteiger partial charge in [0.1, 0.15) is 21.6 Å². The summed E-state index contributed by atoms with van der Waals surface area (Å²) in [6.45, 7) is 0. The molecule has 0 amide bonds. The molecule has 7 heteroatoms. The van der Waals surface area contributed by atoms with Crippen molar-refractivity contribution in [2.45, 2.75) is 50.9 Å². The number of rotatable bonds is 5. The highest BCUT2D eigenvalue weighted by Gasteiger charge is 2.26. The first-order valence-electron chi connectivity index (χ1n) is 10.5. The molecule has 156 valence electrons. The predicted molar refractivity (Wildman–Crippen MR) is 115 cm³/mol. The van der Waals surface area contributed by atoms with Crippen LogP contribution in [0.15, 0.2) is 30.5 Å². The van der Waals surface area contributed by atoms with E-state index >= 15 is 0 Å². The standard InChI is InChI=1S/C23H25N3O3S/c24-14-20-15-25-23(26-20)22(27)13-19-7-6-18(16-8-10-30(28,29)11-9-16)12-21(19)17-4-2-1-3-5-17/h4,6-7,12,15-16H,1-3,5,8-11,13H2,(H,25,26). The van der Waals surface area contributed by atoms with E-state index in [1.54, 1.807) is 0 Å². The molecule has 1 fully saturated rings. The van der Waals surface area contributed by atoms with Crippen LogP contribution in [0.2, 0.25) is 0 Å². The summed E-state index contributed by atoms with van der Waals surface area (Å²) in [6, 6.07) is 8.18. The van der Waals surface area contributed by atoms with E-state index in [0.717, 1.165) is 36.0 Å². The molecule has 1 aliphatic heterocycles. The molecule has 1 N–H and O–H groups in total. The third-order valence-corrected chi connectivity index (χ3v) is 7.82. The molecule has 1 aromatic carbocycles. The number of aromatic amines is 1. The van der Waals surface area contributed by atoms with E-state index in [-0.39, 0.29) is 41.1 Å². The monoisotopic (exact) mass is 423 g/mol. The summed E-state index contributed by atoms with van der Waals surface area (Å²) < 4.78 is 23.6. The maximum absolute atomic E-state index is 12.7. The van der Waals surface area contributed by atoms with Crippen molar-refractivity contribution in [3.63, 3.8) is 0 Å². The number of nitriles is 1. The molecule has 2 heterocycles. The SMILES string of the molecule is N#Cc1cnc(C(=O)Cc2ccc(C3CCS(=O)(=O)CC3)cc2C2=CCCCC2)[nH]1. The molecule has 1 aliphatic carbocycles. The number of Topliss-reactive ketones (excluding diaryl/α,β-unsaturated/α-hetero) is 1. The number of H-pyrrole nitrogens is 1. The van der Waals surface area contributed by atoms with Crippen molar-refractivity contribution < 1.29 is 13.2 Å². The topological polar surface area (TPSA) is 104 Å². The number of imidazole rings is 1. The van der Waals surface area contributed by atoms with Gasteiger partial charge in [0, 0.05) is 6.42 Å². The molecule has 0 spiro atoms. The number of nitrogens with zero attached hydrogens (tertiary/aromatic N) is 2. The van der Waals surface area contributed by atoms with Crippen molar-refractivity contribution in [1.82, 2.24) is 9.97 Å². The van der Waals surface area contributed by atoms with Crippen molar-refractivity contribution in [3.8, 4) is 6.07 Å². The zero-order valence-corrected chi connectivity index (χ0v) is 17.7. The zero-order chi connectivity index (χ0) is 21.1. The average Bonchev–Trinajstić information content (AvgIpc) is 3.24. The van der Waals surface area contributed by atoms with Gasteiger partial charge in [-0.3, -0.25) is 4.79 Å². The number of carbonyl (C=O) groups excluding carboxylic acids is 1. The van der Waals surface area contributed by atoms with Gasteiger partial charge in [0.15, 0.2) is 5.82 Å². The fourth-order valence-corrected chi connectivity index (χ4v) is 5.88. The minimum Gasteiger partial charge on any atom is -0.327 e. The Morgan fingerprint density at radius 1 is 1.23 bits per heavy atom. The molecule has 2 aliphatic rings. The van der Waals surface area contributed by atoms with Gasteiger partial charge in [-0.15, -0.1) is 0 Å². The van der Waals surface area contributed by atoms with E-state index < -0.39 is 9.84 Å². The maximum Gasteiger partial charge on any atom is 0.202 e. The summed E-state index contributed by atoms with van der Waals surface area (Å²) in [5.74, 6) is 0.789. The van der Waals surface area contributed by atoms with Crippen LogP contribution in [0.1, 0.15) is 77.4 Å². The number of nitrogens with one attached hydrogen (secondary N) is 1. The van der Waals surface area contributed by atoms with Crippen LogP contribution in [0.5, 0.6) is 0 Å². The molecule has 0 saturated carbocycles. The van der Waals surface area contributed by atoms with Crippen LogP contribution >= 0.6 is 0 Å². The van der Waals surface area contributed by atoms with E-state index in [2.05, 4.69) is 22.1 Å². The van der Waals surface area contributed by atoms with Crippen LogP contribution in [0, 0.1) is 11.3 Å². The summed E-state index contributed by atoms with van der Waals surface area (Å²) in [5, 5.41) is 8.95. The molecular formula is C23H25N3O3S. The van der Waals surface area contributed by atoms with Crippen LogP contribution in [-0.2, 0) is 16.3 Å². The van der Waals surface area contributed by atoms with E-state index in [4.69, 9.17) is 5.26 Å². The molecule has 0 radical (unpaired) electrons. The first-order chi connectivity index (χ1) is 14.4. The molecule has 0 atom stereocenters. The van der Waals surface area contributed by atoms with Gasteiger partial charge in [-0.25, -0.2) is 13.4 Å². The highest BCUT2D eigenvalue weighted by Crippen LogP contribution is 2.35. The second kappa shape index (κ2) is 8.57. The normalized spacial score (nSPS) is 19.1. The largest absolute Gasteiger partial charge is 0.327 e. The summed E-state index contributed by atoms with van der Waals surface area (Å²) in [7, 11) is -2.90. The lowest BCUT2D eigenvalue weighted by molar-refractivity contribution is 0.0984. The van der Waals surface area contributed by atoms with Crippen molar-refractivity contribution in [1.29, 1.82) is 5.26 Å². The molecule has 2 aromatic rings. The lowest BCUT2D eigenvalue weighted by Gasteiger charge is -2.24. The quantitative estimate of drug-likeness (QED) is 0.733. The minimum atomic E-state index is -2.90. The van der Waals surface area contributed by atoms with E-state index in [9.17, 15) is 13.2 Å². The Kier molecular flexibility index (Phi) is 5.87. The third kappa shape index (κ3) is 4.54. The predicted octanol–water partition coefficient (Wildman–Crippen LogP) is 3.96. The van der Waals surface area contributed by atoms with Gasteiger partial charge in [-0.1, -0.05) is 24.3 Å². The van der Waals surface area contributed by atoms with Crippen molar-refractivity contribution in [3.05, 3.63) is 58.7 Å². The number of ketones is 1. The van der Waals surface area contributed by atoms with E-state index in [0.29, 0.717) is 12.8 Å². The van der Waals surface area contributed by atoms with Gasteiger partial charge in [-0.2, -0.15) is 5.26 Å². The second-order valence-electron chi connectivity index (χ2n) is 8.18. The number of hydrogen-bond donors (Lipinski definition) is 1. The lowest BCUT2D eigenvalue weighted by Crippen LogP contribution is -2.22. The Labute approximate surface area is 177 Å². The van der Waals surface area contributed by atoms with Gasteiger partial charge in [0.05, 0.1) is 17.7 Å². The summed E-state index contributed by atoms with van der Waals surface area (Å²) in [6.07, 6.45) is 9.51. The summed E-state index contributed by atoms with van der Waals surface area (Å²) in [5.41, 5.74) is 4.76. The van der Waals surface area contributed by atoms with Gasteiger partial charge >= 0.3 is 0 Å². The molecule has 1 aromatic heterocycles. The van der Waals surface area contributed by atoms with Crippen LogP contribution in [-0.4, -0.2) is 35.7 Å². The molecule has 0 bridgehead atoms. The number of carbonyl (C=O) groups is 1. The maximum atomic E-state index is 12.7. The zero-order valence-electron chi connectivity index (χ0n) is 16.9. The fraction of sp³-hybridized carbons (Fsp3) is 0.435. The Balaban J connectivity index is 1.63. The Morgan fingerprint density at radius 3 is 2.70 bits per heavy atom. The van der Waals surface area contributed by atoms with Gasteiger partial charge in [0.2, 0.25) is 5.78 Å². The number of aromatic nitrogens is 2. The highest BCUT2D eigenvalue weighted by molar-refractivity contribution is 7.91. The van der Waals surface area contributed by atoms with Gasteiger partial charge in [-0.05, 0) is 66.7 Å². The molecule has 1 saturated heterocycles. The molecule has 30 heavy (non-hydrogen) atoms. The Hall–Kier alpha value is -2.72. The fourth-order valence-electron chi connectivity index (χ4n) is 4.38. The number of allylic oxidation sites excluding steroid dienone is 2. The second-order valence-corrected chi connectivity index (χ2v) is 10.5. The first-order valence-corrected chi connectivity index (χ1v) is 12.3. The lowest BCUT2D eigenvalue weighted by atomic mass is 9.84. The smallest absolute Gasteiger partial charge is 0.202 e.